The Morgan fingerprint density at radius 2 is 1.84 bits per heavy atom. The van der Waals surface area contributed by atoms with E-state index in [9.17, 15) is 15.0 Å². The van der Waals surface area contributed by atoms with Crippen LogP contribution in [-0.4, -0.2) is 27.2 Å². The van der Waals surface area contributed by atoms with Crippen LogP contribution < -0.4 is 5.32 Å². The van der Waals surface area contributed by atoms with E-state index in [0.717, 1.165) is 20.3 Å². The van der Waals surface area contributed by atoms with Crippen LogP contribution in [0.3, 0.4) is 0 Å². The summed E-state index contributed by atoms with van der Waals surface area (Å²) in [6.45, 7) is 1.81. The van der Waals surface area contributed by atoms with Gasteiger partial charge in [-0.05, 0) is 30.7 Å². The van der Waals surface area contributed by atoms with Crippen molar-refractivity contribution in [3.05, 3.63) is 63.6 Å². The molecule has 0 fully saturated rings. The molecule has 0 spiro atoms. The van der Waals surface area contributed by atoms with Crippen LogP contribution in [0.15, 0.2) is 53.0 Å². The van der Waals surface area contributed by atoms with E-state index in [0.29, 0.717) is 5.01 Å². The number of halogens is 1. The van der Waals surface area contributed by atoms with Crippen LogP contribution in [0.2, 0.25) is 0 Å². The first-order valence-corrected chi connectivity index (χ1v) is 9.34. The quantitative estimate of drug-likeness (QED) is 0.590. The Labute approximate surface area is 157 Å². The number of thiazole rings is 1. The predicted molar refractivity (Wildman–Crippen MR) is 101 cm³/mol. The lowest BCUT2D eigenvalue weighted by Gasteiger charge is -2.20. The summed E-state index contributed by atoms with van der Waals surface area (Å²) in [5.74, 6) is -0.644. The zero-order valence-electron chi connectivity index (χ0n) is 13.4. The second-order valence-corrected chi connectivity index (χ2v) is 7.58. The van der Waals surface area contributed by atoms with Crippen molar-refractivity contribution in [3.8, 4) is 0 Å². The number of carbonyl (C=O) groups is 1. The molecule has 1 heterocycles. The van der Waals surface area contributed by atoms with Gasteiger partial charge in [0, 0.05) is 4.47 Å². The van der Waals surface area contributed by atoms with Crippen molar-refractivity contribution in [3.63, 3.8) is 0 Å². The fourth-order valence-corrected chi connectivity index (χ4v) is 4.11. The van der Waals surface area contributed by atoms with Gasteiger partial charge in [0.2, 0.25) is 0 Å². The highest BCUT2D eigenvalue weighted by Gasteiger charge is 2.29. The van der Waals surface area contributed by atoms with E-state index >= 15 is 0 Å². The molecule has 3 atom stereocenters. The highest BCUT2D eigenvalue weighted by molar-refractivity contribution is 9.10. The van der Waals surface area contributed by atoms with Crippen molar-refractivity contribution in [2.45, 2.75) is 25.2 Å². The van der Waals surface area contributed by atoms with E-state index in [1.54, 1.807) is 0 Å². The standard InChI is InChI=1S/C18H17BrN2O3S/c1-10(11-6-2-3-7-12(11)19)20-17(24)15(22)16(23)18-21-13-8-4-5-9-14(13)25-18/h2-10,15-16,22-23H,1H3,(H,20,24). The van der Waals surface area contributed by atoms with E-state index in [2.05, 4.69) is 26.2 Å². The molecule has 25 heavy (non-hydrogen) atoms. The summed E-state index contributed by atoms with van der Waals surface area (Å²) in [7, 11) is 0. The number of benzene rings is 2. The Hall–Kier alpha value is -1.80. The van der Waals surface area contributed by atoms with Gasteiger partial charge in [0.15, 0.2) is 6.10 Å². The van der Waals surface area contributed by atoms with Crippen molar-refractivity contribution in [1.29, 1.82) is 0 Å². The number of fused-ring (bicyclic) bond motifs is 1. The molecule has 3 unspecified atom stereocenters. The fourth-order valence-electron chi connectivity index (χ4n) is 2.50. The molecule has 0 radical (unpaired) electrons. The largest absolute Gasteiger partial charge is 0.383 e. The summed E-state index contributed by atoms with van der Waals surface area (Å²) < 4.78 is 1.76. The van der Waals surface area contributed by atoms with Crippen molar-refractivity contribution in [2.24, 2.45) is 0 Å². The Morgan fingerprint density at radius 3 is 2.56 bits per heavy atom. The molecule has 7 heteroatoms. The topological polar surface area (TPSA) is 82.5 Å². The van der Waals surface area contributed by atoms with Crippen molar-refractivity contribution in [1.82, 2.24) is 10.3 Å². The number of rotatable bonds is 5. The van der Waals surface area contributed by atoms with Gasteiger partial charge in [0.05, 0.1) is 16.3 Å². The Morgan fingerprint density at radius 1 is 1.16 bits per heavy atom. The maximum Gasteiger partial charge on any atom is 0.252 e. The number of carbonyl (C=O) groups excluding carboxylic acids is 1. The molecule has 2 aromatic carbocycles. The number of aliphatic hydroxyl groups is 2. The third kappa shape index (κ3) is 3.90. The third-order valence-electron chi connectivity index (χ3n) is 3.86. The molecule has 1 aromatic heterocycles. The van der Waals surface area contributed by atoms with Gasteiger partial charge in [-0.1, -0.05) is 46.3 Å². The van der Waals surface area contributed by atoms with Crippen molar-refractivity contribution >= 4 is 43.4 Å². The molecular formula is C18H17BrN2O3S. The molecule has 3 rings (SSSR count). The van der Waals surface area contributed by atoms with Crippen LogP contribution in [-0.2, 0) is 4.79 Å². The maximum absolute atomic E-state index is 12.3. The molecule has 0 bridgehead atoms. The number of para-hydroxylation sites is 1. The maximum atomic E-state index is 12.3. The lowest BCUT2D eigenvalue weighted by atomic mass is 10.1. The first kappa shape index (κ1) is 18.0. The first-order valence-electron chi connectivity index (χ1n) is 7.74. The first-order chi connectivity index (χ1) is 12.0. The molecule has 5 nitrogen and oxygen atoms in total. The number of nitrogens with one attached hydrogen (secondary N) is 1. The van der Waals surface area contributed by atoms with Gasteiger partial charge in [0.25, 0.3) is 5.91 Å². The van der Waals surface area contributed by atoms with Crippen molar-refractivity contribution in [2.75, 3.05) is 0 Å². The van der Waals surface area contributed by atoms with Crippen LogP contribution in [0.25, 0.3) is 10.2 Å². The predicted octanol–water partition coefficient (Wildman–Crippen LogP) is 3.33. The van der Waals surface area contributed by atoms with Gasteiger partial charge in [0.1, 0.15) is 11.1 Å². The van der Waals surface area contributed by atoms with Gasteiger partial charge < -0.3 is 15.5 Å². The van der Waals surface area contributed by atoms with Crippen LogP contribution in [0.1, 0.15) is 29.6 Å². The molecule has 0 aliphatic heterocycles. The van der Waals surface area contributed by atoms with E-state index in [-0.39, 0.29) is 6.04 Å². The van der Waals surface area contributed by atoms with Gasteiger partial charge in [-0.3, -0.25) is 4.79 Å². The minimum absolute atomic E-state index is 0.317. The van der Waals surface area contributed by atoms with Gasteiger partial charge >= 0.3 is 0 Å². The Balaban J connectivity index is 1.72. The van der Waals surface area contributed by atoms with Crippen LogP contribution in [0.4, 0.5) is 0 Å². The number of nitrogens with zero attached hydrogens (tertiary/aromatic N) is 1. The van der Waals surface area contributed by atoms with Crippen LogP contribution in [0, 0.1) is 0 Å². The van der Waals surface area contributed by atoms with Crippen LogP contribution >= 0.6 is 27.3 Å². The zero-order chi connectivity index (χ0) is 18.0. The molecule has 1 amide bonds. The molecule has 3 aromatic rings. The van der Waals surface area contributed by atoms with Gasteiger partial charge in [-0.15, -0.1) is 11.3 Å². The van der Waals surface area contributed by atoms with Crippen molar-refractivity contribution < 1.29 is 15.0 Å². The monoisotopic (exact) mass is 420 g/mol. The average Bonchev–Trinajstić information content (AvgIpc) is 3.04. The van der Waals surface area contributed by atoms with Crippen LogP contribution in [0.5, 0.6) is 0 Å². The second-order valence-electron chi connectivity index (χ2n) is 5.66. The van der Waals surface area contributed by atoms with E-state index < -0.39 is 18.1 Å². The fraction of sp³-hybridized carbons (Fsp3) is 0.222. The molecule has 3 N–H and O–H groups in total. The van der Waals surface area contributed by atoms with E-state index in [4.69, 9.17) is 0 Å². The molecule has 0 aliphatic rings. The molecule has 0 aliphatic carbocycles. The summed E-state index contributed by atoms with van der Waals surface area (Å²) >= 11 is 4.70. The smallest absolute Gasteiger partial charge is 0.252 e. The summed E-state index contributed by atoms with van der Waals surface area (Å²) in [4.78, 5) is 16.6. The zero-order valence-corrected chi connectivity index (χ0v) is 15.8. The minimum Gasteiger partial charge on any atom is -0.383 e. The van der Waals surface area contributed by atoms with E-state index in [1.165, 1.54) is 11.3 Å². The highest BCUT2D eigenvalue weighted by atomic mass is 79.9. The number of hydrogen-bond acceptors (Lipinski definition) is 5. The molecule has 0 saturated carbocycles. The average molecular weight is 421 g/mol. The summed E-state index contributed by atoms with van der Waals surface area (Å²) in [6, 6.07) is 14.6. The van der Waals surface area contributed by atoms with E-state index in [1.807, 2.05) is 55.5 Å². The Kier molecular flexibility index (Phi) is 5.48. The number of aromatic nitrogens is 1. The molecule has 0 saturated heterocycles. The third-order valence-corrected chi connectivity index (χ3v) is 5.69. The second kappa shape index (κ2) is 7.61. The molecular weight excluding hydrogens is 404 g/mol. The normalized spacial score (nSPS) is 14.9. The number of aliphatic hydroxyl groups excluding tert-OH is 2. The highest BCUT2D eigenvalue weighted by Crippen LogP contribution is 2.28. The van der Waals surface area contributed by atoms with Gasteiger partial charge in [-0.25, -0.2) is 4.98 Å². The Bertz CT molecular complexity index is 866. The summed E-state index contributed by atoms with van der Waals surface area (Å²) in [5.41, 5.74) is 1.62. The molecule has 130 valence electrons. The lowest BCUT2D eigenvalue weighted by molar-refractivity contribution is -0.136. The summed E-state index contributed by atoms with van der Waals surface area (Å²) in [6.07, 6.45) is -2.96. The lowest BCUT2D eigenvalue weighted by Crippen LogP contribution is -2.39. The number of amides is 1. The van der Waals surface area contributed by atoms with Gasteiger partial charge in [-0.2, -0.15) is 0 Å². The number of hydrogen-bond donors (Lipinski definition) is 3. The minimum atomic E-state index is -1.59. The SMILES string of the molecule is CC(NC(=O)C(O)C(O)c1nc2ccccc2s1)c1ccccc1Br. The summed E-state index contributed by atoms with van der Waals surface area (Å²) in [5, 5.41) is 23.6.